The Labute approximate surface area is 104 Å². The first kappa shape index (κ1) is 12.6. The molecule has 2 N–H and O–H groups in total. The minimum atomic E-state index is -0.452. The van der Waals surface area contributed by atoms with Crippen LogP contribution >= 0.6 is 0 Å². The zero-order chi connectivity index (χ0) is 13.1. The third kappa shape index (κ3) is 2.68. The molecular weight excluding hydrogens is 232 g/mol. The van der Waals surface area contributed by atoms with E-state index in [9.17, 15) is 9.59 Å². The lowest BCUT2D eigenvalue weighted by atomic mass is 10.0. The Hall–Kier alpha value is -1.88. The summed E-state index contributed by atoms with van der Waals surface area (Å²) in [6, 6.07) is 5.65. The summed E-state index contributed by atoms with van der Waals surface area (Å²) in [4.78, 5) is 24.7. The van der Waals surface area contributed by atoms with Gasteiger partial charge >= 0.3 is 5.76 Å². The van der Waals surface area contributed by atoms with Crippen LogP contribution in [0.15, 0.2) is 27.4 Å². The SMILES string of the molecule is CNC(CCC(C)=O)c1ccc2[nH]c(=O)oc2c1. The Kier molecular flexibility index (Phi) is 3.62. The minimum Gasteiger partial charge on any atom is -0.408 e. The minimum absolute atomic E-state index is 0.0819. The third-order valence-electron chi connectivity index (χ3n) is 2.98. The molecular formula is C13H16N2O3. The van der Waals surface area contributed by atoms with Crippen LogP contribution in [-0.2, 0) is 4.79 Å². The summed E-state index contributed by atoms with van der Waals surface area (Å²) in [6.45, 7) is 1.58. The van der Waals surface area contributed by atoms with E-state index in [1.807, 2.05) is 25.2 Å². The zero-order valence-corrected chi connectivity index (χ0v) is 10.4. The van der Waals surface area contributed by atoms with Gasteiger partial charge in [0, 0.05) is 12.5 Å². The van der Waals surface area contributed by atoms with Gasteiger partial charge in [0.05, 0.1) is 5.52 Å². The summed E-state index contributed by atoms with van der Waals surface area (Å²) in [5, 5.41) is 3.16. The molecule has 0 aliphatic rings. The molecule has 2 aromatic rings. The fourth-order valence-corrected chi connectivity index (χ4v) is 2.00. The number of benzene rings is 1. The van der Waals surface area contributed by atoms with Gasteiger partial charge in [-0.2, -0.15) is 0 Å². The van der Waals surface area contributed by atoms with Crippen LogP contribution < -0.4 is 11.1 Å². The topological polar surface area (TPSA) is 75.1 Å². The Morgan fingerprint density at radius 2 is 2.28 bits per heavy atom. The first-order chi connectivity index (χ1) is 8.60. The lowest BCUT2D eigenvalue weighted by Gasteiger charge is -2.15. The van der Waals surface area contributed by atoms with Crippen molar-refractivity contribution in [2.75, 3.05) is 7.05 Å². The maximum atomic E-state index is 11.1. The van der Waals surface area contributed by atoms with E-state index in [1.54, 1.807) is 6.92 Å². The van der Waals surface area contributed by atoms with Crippen LogP contribution in [0.3, 0.4) is 0 Å². The first-order valence-electron chi connectivity index (χ1n) is 5.89. The standard InChI is InChI=1S/C13H16N2O3/c1-8(16)3-5-10(14-2)9-4-6-11-12(7-9)18-13(17)15-11/h4,6-7,10,14H,3,5H2,1-2H3,(H,15,17). The van der Waals surface area contributed by atoms with Crippen molar-refractivity contribution in [3.8, 4) is 0 Å². The second-order valence-electron chi connectivity index (χ2n) is 4.35. The molecule has 1 heterocycles. The smallest absolute Gasteiger partial charge is 0.408 e. The molecule has 1 aromatic heterocycles. The van der Waals surface area contributed by atoms with E-state index >= 15 is 0 Å². The summed E-state index contributed by atoms with van der Waals surface area (Å²) in [6.07, 6.45) is 1.26. The Balaban J connectivity index is 2.27. The molecule has 5 nitrogen and oxygen atoms in total. The molecule has 18 heavy (non-hydrogen) atoms. The summed E-state index contributed by atoms with van der Waals surface area (Å²) in [5.74, 6) is -0.281. The molecule has 5 heteroatoms. The van der Waals surface area contributed by atoms with Crippen LogP contribution in [0.1, 0.15) is 31.4 Å². The highest BCUT2D eigenvalue weighted by Crippen LogP contribution is 2.22. The number of carbonyl (C=O) groups is 1. The first-order valence-corrected chi connectivity index (χ1v) is 5.89. The predicted octanol–water partition coefficient (Wildman–Crippen LogP) is 1.75. The number of hydrogen-bond acceptors (Lipinski definition) is 4. The second-order valence-corrected chi connectivity index (χ2v) is 4.35. The lowest BCUT2D eigenvalue weighted by molar-refractivity contribution is -0.117. The molecule has 0 radical (unpaired) electrons. The van der Waals surface area contributed by atoms with Gasteiger partial charge in [0.2, 0.25) is 0 Å². The van der Waals surface area contributed by atoms with Crippen molar-refractivity contribution in [1.29, 1.82) is 0 Å². The van der Waals surface area contributed by atoms with Crippen molar-refractivity contribution in [3.05, 3.63) is 34.3 Å². The molecule has 0 bridgehead atoms. The molecule has 0 aliphatic heterocycles. The van der Waals surface area contributed by atoms with Gasteiger partial charge in [0.25, 0.3) is 0 Å². The maximum absolute atomic E-state index is 11.1. The van der Waals surface area contributed by atoms with E-state index < -0.39 is 5.76 Å². The quantitative estimate of drug-likeness (QED) is 0.845. The zero-order valence-electron chi connectivity index (χ0n) is 10.4. The summed E-state index contributed by atoms with van der Waals surface area (Å²) < 4.78 is 5.02. The van der Waals surface area contributed by atoms with Gasteiger partial charge in [-0.15, -0.1) is 0 Å². The number of fused-ring (bicyclic) bond motifs is 1. The Morgan fingerprint density at radius 1 is 1.50 bits per heavy atom. The Bertz CT molecular complexity index is 612. The van der Waals surface area contributed by atoms with Gasteiger partial charge in [0.1, 0.15) is 5.78 Å². The molecule has 0 saturated carbocycles. The van der Waals surface area contributed by atoms with Gasteiger partial charge in [0.15, 0.2) is 5.58 Å². The third-order valence-corrected chi connectivity index (χ3v) is 2.98. The fraction of sp³-hybridized carbons (Fsp3) is 0.385. The number of hydrogen-bond donors (Lipinski definition) is 2. The largest absolute Gasteiger partial charge is 0.417 e. The van der Waals surface area contributed by atoms with Gasteiger partial charge < -0.3 is 14.5 Å². The van der Waals surface area contributed by atoms with E-state index in [0.29, 0.717) is 17.5 Å². The highest BCUT2D eigenvalue weighted by Gasteiger charge is 2.12. The van der Waals surface area contributed by atoms with Crippen molar-refractivity contribution in [2.45, 2.75) is 25.8 Å². The van der Waals surface area contributed by atoms with Crippen molar-refractivity contribution in [2.24, 2.45) is 0 Å². The number of aromatic nitrogens is 1. The van der Waals surface area contributed by atoms with E-state index in [2.05, 4.69) is 10.3 Å². The van der Waals surface area contributed by atoms with Crippen LogP contribution in [-0.4, -0.2) is 17.8 Å². The molecule has 1 aromatic carbocycles. The number of H-pyrrole nitrogens is 1. The van der Waals surface area contributed by atoms with Crippen LogP contribution in [0.5, 0.6) is 0 Å². The highest BCUT2D eigenvalue weighted by molar-refractivity contribution is 5.75. The number of Topliss-reactive ketones (excluding diaryl/α,β-unsaturated/α-hetero) is 1. The number of oxazole rings is 1. The van der Waals surface area contributed by atoms with Crippen molar-refractivity contribution >= 4 is 16.9 Å². The van der Waals surface area contributed by atoms with Gasteiger partial charge in [-0.25, -0.2) is 4.79 Å². The number of aromatic amines is 1. The summed E-state index contributed by atoms with van der Waals surface area (Å²) >= 11 is 0. The van der Waals surface area contributed by atoms with E-state index in [-0.39, 0.29) is 11.8 Å². The van der Waals surface area contributed by atoms with Crippen molar-refractivity contribution < 1.29 is 9.21 Å². The van der Waals surface area contributed by atoms with Crippen LogP contribution in [0, 0.1) is 0 Å². The number of nitrogens with one attached hydrogen (secondary N) is 2. The average molecular weight is 248 g/mol. The number of ketones is 1. The van der Waals surface area contributed by atoms with E-state index in [0.717, 1.165) is 12.0 Å². The molecule has 0 spiro atoms. The molecule has 0 fully saturated rings. The van der Waals surface area contributed by atoms with E-state index in [1.165, 1.54) is 0 Å². The van der Waals surface area contributed by atoms with Gasteiger partial charge in [-0.05, 0) is 38.1 Å². The highest BCUT2D eigenvalue weighted by atomic mass is 16.4. The lowest BCUT2D eigenvalue weighted by Crippen LogP contribution is -2.17. The number of rotatable bonds is 5. The predicted molar refractivity (Wildman–Crippen MR) is 68.6 cm³/mol. The van der Waals surface area contributed by atoms with Crippen LogP contribution in [0.25, 0.3) is 11.1 Å². The average Bonchev–Trinajstić information content (AvgIpc) is 2.68. The van der Waals surface area contributed by atoms with E-state index in [4.69, 9.17) is 4.42 Å². The fourth-order valence-electron chi connectivity index (χ4n) is 2.00. The molecule has 1 unspecified atom stereocenters. The molecule has 1 atom stereocenters. The monoisotopic (exact) mass is 248 g/mol. The number of carbonyl (C=O) groups excluding carboxylic acids is 1. The molecule has 0 amide bonds. The normalized spacial score (nSPS) is 12.8. The maximum Gasteiger partial charge on any atom is 0.417 e. The Morgan fingerprint density at radius 3 is 2.94 bits per heavy atom. The molecule has 0 aliphatic carbocycles. The van der Waals surface area contributed by atoms with Crippen LogP contribution in [0.4, 0.5) is 0 Å². The molecule has 0 saturated heterocycles. The van der Waals surface area contributed by atoms with Crippen molar-refractivity contribution in [1.82, 2.24) is 10.3 Å². The summed E-state index contributed by atoms with van der Waals surface area (Å²) in [7, 11) is 1.85. The van der Waals surface area contributed by atoms with Crippen LogP contribution in [0.2, 0.25) is 0 Å². The molecule has 96 valence electrons. The molecule has 2 rings (SSSR count). The van der Waals surface area contributed by atoms with Crippen molar-refractivity contribution in [3.63, 3.8) is 0 Å². The van der Waals surface area contributed by atoms with Gasteiger partial charge in [-0.1, -0.05) is 6.07 Å². The second kappa shape index (κ2) is 5.18. The van der Waals surface area contributed by atoms with Gasteiger partial charge in [-0.3, -0.25) is 4.98 Å². The summed E-state index contributed by atoms with van der Waals surface area (Å²) in [5.41, 5.74) is 2.24.